The number of benzene rings is 2. The molecular weight excluding hydrogens is 362 g/mol. The lowest BCUT2D eigenvalue weighted by Crippen LogP contribution is -2.45. The fraction of sp³-hybridized carbons (Fsp3) is 0.480. The molecule has 0 unspecified atom stereocenters. The second-order valence-corrected chi connectivity index (χ2v) is 8.92. The average molecular weight is 396 g/mol. The van der Waals surface area contributed by atoms with E-state index in [0.29, 0.717) is 5.75 Å². The molecule has 3 rings (SSSR count). The van der Waals surface area contributed by atoms with Crippen LogP contribution in [0.4, 0.5) is 0 Å². The van der Waals surface area contributed by atoms with Crippen LogP contribution in [0.2, 0.25) is 0 Å². The summed E-state index contributed by atoms with van der Waals surface area (Å²) in [6.45, 7) is 10.8. The Morgan fingerprint density at radius 3 is 2.38 bits per heavy atom. The van der Waals surface area contributed by atoms with Crippen molar-refractivity contribution in [2.24, 2.45) is 0 Å². The highest BCUT2D eigenvalue weighted by molar-refractivity contribution is 5.78. The number of fused-ring (bicyclic) bond motifs is 1. The van der Waals surface area contributed by atoms with Crippen LogP contribution in [0, 0.1) is 0 Å². The molecule has 1 N–H and O–H groups in total. The first-order valence-corrected chi connectivity index (χ1v) is 10.6. The molecule has 29 heavy (non-hydrogen) atoms. The normalized spacial score (nSPS) is 17.8. The molecule has 0 aliphatic carbocycles. The Hall–Kier alpha value is -2.49. The highest BCUT2D eigenvalue weighted by atomic mass is 16.5. The van der Waals surface area contributed by atoms with Gasteiger partial charge in [0.1, 0.15) is 17.1 Å². The molecule has 0 spiro atoms. The van der Waals surface area contributed by atoms with Gasteiger partial charge < -0.3 is 14.8 Å². The first kappa shape index (κ1) is 21.2. The van der Waals surface area contributed by atoms with E-state index in [9.17, 15) is 4.79 Å². The van der Waals surface area contributed by atoms with E-state index in [0.717, 1.165) is 30.6 Å². The van der Waals surface area contributed by atoms with Crippen molar-refractivity contribution < 1.29 is 14.3 Å². The van der Waals surface area contributed by atoms with Gasteiger partial charge in [0.2, 0.25) is 0 Å². The van der Waals surface area contributed by atoms with Crippen molar-refractivity contribution in [1.29, 1.82) is 0 Å². The Labute approximate surface area is 174 Å². The number of amides is 1. The highest BCUT2D eigenvalue weighted by Crippen LogP contribution is 2.42. The van der Waals surface area contributed by atoms with Crippen molar-refractivity contribution >= 4 is 5.91 Å². The van der Waals surface area contributed by atoms with Crippen LogP contribution >= 0.6 is 0 Å². The van der Waals surface area contributed by atoms with E-state index >= 15 is 0 Å². The molecule has 0 fully saturated rings. The van der Waals surface area contributed by atoms with E-state index in [2.05, 4.69) is 52.1 Å². The van der Waals surface area contributed by atoms with Gasteiger partial charge in [-0.15, -0.1) is 0 Å². The summed E-state index contributed by atoms with van der Waals surface area (Å²) in [4.78, 5) is 12.6. The Balaban J connectivity index is 1.65. The van der Waals surface area contributed by atoms with Crippen molar-refractivity contribution in [3.8, 4) is 11.5 Å². The van der Waals surface area contributed by atoms with Gasteiger partial charge in [0.05, 0.1) is 6.04 Å². The van der Waals surface area contributed by atoms with Gasteiger partial charge in [-0.2, -0.15) is 0 Å². The fourth-order valence-electron chi connectivity index (χ4n) is 3.87. The van der Waals surface area contributed by atoms with Crippen molar-refractivity contribution in [3.05, 3.63) is 59.7 Å². The lowest BCUT2D eigenvalue weighted by atomic mass is 9.83. The molecule has 0 radical (unpaired) electrons. The maximum absolute atomic E-state index is 12.6. The lowest BCUT2D eigenvalue weighted by Gasteiger charge is -2.41. The summed E-state index contributed by atoms with van der Waals surface area (Å²) in [5.74, 6) is 1.45. The highest BCUT2D eigenvalue weighted by Gasteiger charge is 2.38. The largest absolute Gasteiger partial charge is 0.487 e. The number of rotatable bonds is 6. The summed E-state index contributed by atoms with van der Waals surface area (Å²) in [6, 6.07) is 15.9. The Morgan fingerprint density at radius 2 is 1.76 bits per heavy atom. The van der Waals surface area contributed by atoms with E-state index < -0.39 is 0 Å². The van der Waals surface area contributed by atoms with Crippen LogP contribution in [0.25, 0.3) is 0 Å². The molecule has 2 aromatic rings. The van der Waals surface area contributed by atoms with Gasteiger partial charge in [-0.3, -0.25) is 4.79 Å². The van der Waals surface area contributed by atoms with E-state index in [4.69, 9.17) is 9.47 Å². The second kappa shape index (κ2) is 8.48. The molecule has 156 valence electrons. The van der Waals surface area contributed by atoms with Crippen LogP contribution in [-0.2, 0) is 10.2 Å². The van der Waals surface area contributed by atoms with Crippen molar-refractivity contribution in [3.63, 3.8) is 0 Å². The van der Waals surface area contributed by atoms with Gasteiger partial charge in [-0.1, -0.05) is 65.0 Å². The fourth-order valence-corrected chi connectivity index (χ4v) is 3.87. The number of carbonyl (C=O) groups is 1. The zero-order valence-corrected chi connectivity index (χ0v) is 18.2. The van der Waals surface area contributed by atoms with Crippen molar-refractivity contribution in [2.45, 2.75) is 70.9 Å². The van der Waals surface area contributed by atoms with Gasteiger partial charge in [0, 0.05) is 12.0 Å². The van der Waals surface area contributed by atoms with Gasteiger partial charge in [0.25, 0.3) is 5.91 Å². The molecule has 1 aliphatic heterocycles. The molecule has 0 saturated carbocycles. The molecule has 1 amide bonds. The standard InChI is InChI=1S/C25H33NO3/c1-6-25(7-2)16-21(20-10-8-9-11-22(20)29-25)26-23(27)17-28-19-14-12-18(13-15-19)24(3,4)5/h8-15,21H,6-7,16-17H2,1-5H3,(H,26,27)/t21-/m1/s1. The quantitative estimate of drug-likeness (QED) is 0.696. The molecular formula is C25H33NO3. The molecule has 1 aliphatic rings. The number of ether oxygens (including phenoxy) is 2. The number of hydrogen-bond donors (Lipinski definition) is 1. The molecule has 0 aromatic heterocycles. The topological polar surface area (TPSA) is 47.6 Å². The number of carbonyl (C=O) groups excluding carboxylic acids is 1. The zero-order valence-electron chi connectivity index (χ0n) is 18.2. The average Bonchev–Trinajstić information content (AvgIpc) is 2.71. The first-order valence-electron chi connectivity index (χ1n) is 10.6. The number of hydrogen-bond acceptors (Lipinski definition) is 3. The van der Waals surface area contributed by atoms with Crippen LogP contribution in [0.3, 0.4) is 0 Å². The summed E-state index contributed by atoms with van der Waals surface area (Å²) < 4.78 is 12.0. The van der Waals surface area contributed by atoms with Crippen molar-refractivity contribution in [2.75, 3.05) is 6.61 Å². The Bertz CT molecular complexity index is 832. The second-order valence-electron chi connectivity index (χ2n) is 8.92. The summed E-state index contributed by atoms with van der Waals surface area (Å²) in [6.07, 6.45) is 2.57. The molecule has 4 nitrogen and oxygen atoms in total. The third kappa shape index (κ3) is 4.92. The molecule has 1 atom stereocenters. The molecule has 2 aromatic carbocycles. The summed E-state index contributed by atoms with van der Waals surface area (Å²) >= 11 is 0. The Kier molecular flexibility index (Phi) is 6.21. The maximum Gasteiger partial charge on any atom is 0.258 e. The van der Waals surface area contributed by atoms with E-state index in [1.54, 1.807) is 0 Å². The number of nitrogens with one attached hydrogen (secondary N) is 1. The Morgan fingerprint density at radius 1 is 1.10 bits per heavy atom. The van der Waals surface area contributed by atoms with E-state index in [1.807, 2.05) is 36.4 Å². The molecule has 4 heteroatoms. The van der Waals surface area contributed by atoms with Crippen LogP contribution in [0.15, 0.2) is 48.5 Å². The monoisotopic (exact) mass is 395 g/mol. The summed E-state index contributed by atoms with van der Waals surface area (Å²) in [7, 11) is 0. The predicted molar refractivity (Wildman–Crippen MR) is 117 cm³/mol. The minimum atomic E-state index is -0.240. The van der Waals surface area contributed by atoms with Crippen LogP contribution in [0.5, 0.6) is 11.5 Å². The third-order valence-electron chi connectivity index (χ3n) is 5.91. The maximum atomic E-state index is 12.6. The van der Waals surface area contributed by atoms with Crippen LogP contribution in [0.1, 0.15) is 71.0 Å². The summed E-state index contributed by atoms with van der Waals surface area (Å²) in [5, 5.41) is 3.16. The minimum Gasteiger partial charge on any atom is -0.487 e. The van der Waals surface area contributed by atoms with E-state index in [1.165, 1.54) is 5.56 Å². The van der Waals surface area contributed by atoms with Gasteiger partial charge >= 0.3 is 0 Å². The predicted octanol–water partition coefficient (Wildman–Crippen LogP) is 5.56. The minimum absolute atomic E-state index is 0.000359. The summed E-state index contributed by atoms with van der Waals surface area (Å²) in [5.41, 5.74) is 2.13. The van der Waals surface area contributed by atoms with Gasteiger partial charge in [-0.05, 0) is 42.0 Å². The van der Waals surface area contributed by atoms with Crippen LogP contribution < -0.4 is 14.8 Å². The smallest absolute Gasteiger partial charge is 0.258 e. The van der Waals surface area contributed by atoms with Gasteiger partial charge in [0.15, 0.2) is 6.61 Å². The zero-order chi connectivity index (χ0) is 21.1. The van der Waals surface area contributed by atoms with E-state index in [-0.39, 0.29) is 29.6 Å². The molecule has 0 saturated heterocycles. The number of para-hydroxylation sites is 1. The third-order valence-corrected chi connectivity index (χ3v) is 5.91. The molecule has 0 bridgehead atoms. The van der Waals surface area contributed by atoms with Crippen molar-refractivity contribution in [1.82, 2.24) is 5.32 Å². The van der Waals surface area contributed by atoms with Gasteiger partial charge in [-0.25, -0.2) is 0 Å². The first-order chi connectivity index (χ1) is 13.8. The SMILES string of the molecule is CCC1(CC)C[C@@H](NC(=O)COc2ccc(C(C)(C)C)cc2)c2ccccc2O1. The lowest BCUT2D eigenvalue weighted by molar-refractivity contribution is -0.124. The van der Waals surface area contributed by atoms with Crippen LogP contribution in [-0.4, -0.2) is 18.1 Å². The molecule has 1 heterocycles.